The van der Waals surface area contributed by atoms with Gasteiger partial charge in [-0.25, -0.2) is 0 Å². The Hall–Kier alpha value is -0.0800. The molecule has 1 aliphatic rings. The second-order valence-corrected chi connectivity index (χ2v) is 5.06. The average molecular weight is 198 g/mol. The van der Waals surface area contributed by atoms with Crippen molar-refractivity contribution in [3.8, 4) is 0 Å². The fraction of sp³-hybridized carbons (Fsp3) is 1.00. The summed E-state index contributed by atoms with van der Waals surface area (Å²) >= 11 is 0. The van der Waals surface area contributed by atoms with Crippen LogP contribution in [0.4, 0.5) is 0 Å². The van der Waals surface area contributed by atoms with E-state index in [0.29, 0.717) is 12.0 Å². The Morgan fingerprint density at radius 3 is 2.36 bits per heavy atom. The second-order valence-electron chi connectivity index (χ2n) is 5.06. The van der Waals surface area contributed by atoms with Crippen LogP contribution in [0.25, 0.3) is 0 Å². The molecule has 0 aromatic heterocycles. The molecule has 0 aromatic carbocycles. The summed E-state index contributed by atoms with van der Waals surface area (Å²) in [7, 11) is 0. The monoisotopic (exact) mass is 198 g/mol. The highest BCUT2D eigenvalue weighted by atomic mass is 14.6. The van der Waals surface area contributed by atoms with Gasteiger partial charge in [0.05, 0.1) is 0 Å². The van der Waals surface area contributed by atoms with Crippen LogP contribution in [0.15, 0.2) is 0 Å². The average Bonchev–Trinajstić information content (AvgIpc) is 2.16. The molecule has 1 rings (SSSR count). The summed E-state index contributed by atoms with van der Waals surface area (Å²) < 4.78 is 0. The number of hydrogen-bond acceptors (Lipinski definition) is 2. The fourth-order valence-electron chi connectivity index (χ4n) is 2.51. The minimum absolute atomic E-state index is 0.397. The Morgan fingerprint density at radius 2 is 1.71 bits per heavy atom. The van der Waals surface area contributed by atoms with E-state index in [9.17, 15) is 0 Å². The standard InChI is InChI=1S/C12H26N2/c1-10-4-2-6-11(9-13)8-12(14)7-3-5-10/h10-12H,2-9,13-14H2,1H3. The molecule has 4 N–H and O–H groups in total. The molecule has 1 aliphatic carbocycles. The third kappa shape index (κ3) is 4.43. The third-order valence-electron chi connectivity index (χ3n) is 3.55. The molecule has 3 unspecified atom stereocenters. The van der Waals surface area contributed by atoms with Crippen LogP contribution in [0.2, 0.25) is 0 Å². The van der Waals surface area contributed by atoms with Crippen LogP contribution in [0, 0.1) is 11.8 Å². The first kappa shape index (κ1) is 12.0. The zero-order valence-corrected chi connectivity index (χ0v) is 9.54. The molecule has 0 bridgehead atoms. The van der Waals surface area contributed by atoms with Crippen LogP contribution in [-0.2, 0) is 0 Å². The number of nitrogens with two attached hydrogens (primary N) is 2. The Morgan fingerprint density at radius 1 is 1.07 bits per heavy atom. The lowest BCUT2D eigenvalue weighted by Crippen LogP contribution is -2.28. The summed E-state index contributed by atoms with van der Waals surface area (Å²) in [6.07, 6.45) is 9.02. The molecule has 2 nitrogen and oxygen atoms in total. The van der Waals surface area contributed by atoms with Crippen LogP contribution in [0.5, 0.6) is 0 Å². The van der Waals surface area contributed by atoms with E-state index in [4.69, 9.17) is 11.5 Å². The lowest BCUT2D eigenvalue weighted by molar-refractivity contribution is 0.334. The van der Waals surface area contributed by atoms with Gasteiger partial charge in [-0.05, 0) is 37.6 Å². The van der Waals surface area contributed by atoms with E-state index in [1.54, 1.807) is 0 Å². The molecular formula is C12H26N2. The van der Waals surface area contributed by atoms with Crippen molar-refractivity contribution in [2.24, 2.45) is 23.3 Å². The van der Waals surface area contributed by atoms with Crippen LogP contribution in [-0.4, -0.2) is 12.6 Å². The van der Waals surface area contributed by atoms with E-state index >= 15 is 0 Å². The molecule has 2 heteroatoms. The molecule has 3 atom stereocenters. The zero-order chi connectivity index (χ0) is 10.4. The van der Waals surface area contributed by atoms with Crippen molar-refractivity contribution in [1.82, 2.24) is 0 Å². The molecule has 84 valence electrons. The minimum Gasteiger partial charge on any atom is -0.330 e. The first-order chi connectivity index (χ1) is 6.72. The third-order valence-corrected chi connectivity index (χ3v) is 3.55. The van der Waals surface area contributed by atoms with Gasteiger partial charge in [0.2, 0.25) is 0 Å². The second kappa shape index (κ2) is 6.41. The van der Waals surface area contributed by atoms with Crippen LogP contribution in [0.1, 0.15) is 51.9 Å². The van der Waals surface area contributed by atoms with Gasteiger partial charge in [0.1, 0.15) is 0 Å². The lowest BCUT2D eigenvalue weighted by Gasteiger charge is -2.23. The van der Waals surface area contributed by atoms with Crippen molar-refractivity contribution in [1.29, 1.82) is 0 Å². The van der Waals surface area contributed by atoms with Crippen molar-refractivity contribution < 1.29 is 0 Å². The van der Waals surface area contributed by atoms with Gasteiger partial charge in [0, 0.05) is 6.04 Å². The van der Waals surface area contributed by atoms with Gasteiger partial charge in [-0.3, -0.25) is 0 Å². The molecule has 0 aromatic rings. The van der Waals surface area contributed by atoms with Gasteiger partial charge >= 0.3 is 0 Å². The van der Waals surface area contributed by atoms with Crippen LogP contribution in [0.3, 0.4) is 0 Å². The minimum atomic E-state index is 0.397. The van der Waals surface area contributed by atoms with Crippen molar-refractivity contribution in [3.63, 3.8) is 0 Å². The van der Waals surface area contributed by atoms with Gasteiger partial charge in [-0.2, -0.15) is 0 Å². The molecule has 0 radical (unpaired) electrons. The van der Waals surface area contributed by atoms with Crippen molar-refractivity contribution in [2.75, 3.05) is 6.54 Å². The van der Waals surface area contributed by atoms with Crippen LogP contribution < -0.4 is 11.5 Å². The number of hydrogen-bond donors (Lipinski definition) is 2. The topological polar surface area (TPSA) is 52.0 Å². The summed E-state index contributed by atoms with van der Waals surface area (Å²) in [6, 6.07) is 0.397. The molecule has 0 saturated heterocycles. The summed E-state index contributed by atoms with van der Waals surface area (Å²) in [6.45, 7) is 3.19. The molecule has 0 amide bonds. The maximum absolute atomic E-state index is 6.08. The summed E-state index contributed by atoms with van der Waals surface area (Å²) in [5, 5.41) is 0. The highest BCUT2D eigenvalue weighted by Gasteiger charge is 2.15. The zero-order valence-electron chi connectivity index (χ0n) is 9.54. The molecule has 14 heavy (non-hydrogen) atoms. The largest absolute Gasteiger partial charge is 0.330 e. The molecule has 0 spiro atoms. The Kier molecular flexibility index (Phi) is 5.49. The SMILES string of the molecule is CC1CCCC(N)CC(CN)CCC1. The van der Waals surface area contributed by atoms with E-state index < -0.39 is 0 Å². The van der Waals surface area contributed by atoms with E-state index in [1.807, 2.05) is 0 Å². The maximum atomic E-state index is 6.08. The Bertz CT molecular complexity index is 147. The van der Waals surface area contributed by atoms with Crippen molar-refractivity contribution in [2.45, 2.75) is 57.9 Å². The van der Waals surface area contributed by atoms with E-state index in [2.05, 4.69) is 6.92 Å². The molecular weight excluding hydrogens is 172 g/mol. The lowest BCUT2D eigenvalue weighted by atomic mass is 9.87. The fourth-order valence-corrected chi connectivity index (χ4v) is 2.51. The predicted octanol–water partition coefficient (Wildman–Crippen LogP) is 2.27. The highest BCUT2D eigenvalue weighted by molar-refractivity contribution is 4.72. The Balaban J connectivity index is 2.37. The van der Waals surface area contributed by atoms with E-state index in [-0.39, 0.29) is 0 Å². The molecule has 1 saturated carbocycles. The highest BCUT2D eigenvalue weighted by Crippen LogP contribution is 2.23. The summed E-state index contributed by atoms with van der Waals surface area (Å²) in [5.74, 6) is 1.56. The first-order valence-electron chi connectivity index (χ1n) is 6.18. The summed E-state index contributed by atoms with van der Waals surface area (Å²) in [4.78, 5) is 0. The van der Waals surface area contributed by atoms with Gasteiger partial charge in [0.15, 0.2) is 0 Å². The smallest absolute Gasteiger partial charge is 0.00419 e. The summed E-state index contributed by atoms with van der Waals surface area (Å²) in [5.41, 5.74) is 11.8. The predicted molar refractivity (Wildman–Crippen MR) is 62.0 cm³/mol. The van der Waals surface area contributed by atoms with E-state index in [0.717, 1.165) is 18.9 Å². The first-order valence-corrected chi connectivity index (χ1v) is 6.18. The normalized spacial score (nSPS) is 36.6. The van der Waals surface area contributed by atoms with Crippen LogP contribution >= 0.6 is 0 Å². The molecule has 0 heterocycles. The quantitative estimate of drug-likeness (QED) is 0.679. The molecule has 1 fully saturated rings. The van der Waals surface area contributed by atoms with Gasteiger partial charge < -0.3 is 11.5 Å². The van der Waals surface area contributed by atoms with Gasteiger partial charge in [0.25, 0.3) is 0 Å². The van der Waals surface area contributed by atoms with Gasteiger partial charge in [-0.1, -0.05) is 32.6 Å². The molecule has 0 aliphatic heterocycles. The Labute approximate surface area is 88.4 Å². The van der Waals surface area contributed by atoms with E-state index in [1.165, 1.54) is 38.5 Å². The van der Waals surface area contributed by atoms with Gasteiger partial charge in [-0.15, -0.1) is 0 Å². The van der Waals surface area contributed by atoms with Crippen molar-refractivity contribution in [3.05, 3.63) is 0 Å². The maximum Gasteiger partial charge on any atom is 0.00419 e. The van der Waals surface area contributed by atoms with Crippen molar-refractivity contribution >= 4 is 0 Å². The number of rotatable bonds is 1.